The number of hydrogen-bond acceptors (Lipinski definition) is 5. The minimum Gasteiger partial charge on any atom is -0.497 e. The molecule has 0 bridgehead atoms. The van der Waals surface area contributed by atoms with Gasteiger partial charge in [-0.1, -0.05) is 0 Å². The second kappa shape index (κ2) is 6.91. The minimum absolute atomic E-state index is 0.0514. The molecule has 0 atom stereocenters. The molecule has 1 saturated carbocycles. The third-order valence-corrected chi connectivity index (χ3v) is 5.45. The van der Waals surface area contributed by atoms with Gasteiger partial charge in [-0.2, -0.15) is 5.10 Å². The molecule has 29 heavy (non-hydrogen) atoms. The van der Waals surface area contributed by atoms with Crippen molar-refractivity contribution in [3.8, 4) is 11.4 Å². The van der Waals surface area contributed by atoms with Crippen molar-refractivity contribution in [1.29, 1.82) is 0 Å². The molecule has 9 heteroatoms. The van der Waals surface area contributed by atoms with Gasteiger partial charge in [-0.05, 0) is 43.0 Å². The van der Waals surface area contributed by atoms with E-state index in [1.807, 2.05) is 24.3 Å². The smallest absolute Gasteiger partial charge is 0.331 e. The predicted molar refractivity (Wildman–Crippen MR) is 107 cm³/mol. The molecule has 150 valence electrons. The summed E-state index contributed by atoms with van der Waals surface area (Å²) in [5.74, 6) is 2.33. The molecule has 2 aromatic rings. The van der Waals surface area contributed by atoms with Gasteiger partial charge in [0.05, 0.1) is 31.1 Å². The Hall–Kier alpha value is -3.36. The normalized spacial score (nSPS) is 17.7. The number of benzene rings is 1. The average Bonchev–Trinajstić information content (AvgIpc) is 3.25. The Morgan fingerprint density at radius 1 is 1.28 bits per heavy atom. The van der Waals surface area contributed by atoms with Crippen molar-refractivity contribution in [2.24, 2.45) is 10.9 Å². The summed E-state index contributed by atoms with van der Waals surface area (Å²) in [6, 6.07) is 7.15. The summed E-state index contributed by atoms with van der Waals surface area (Å²) in [6.07, 6.45) is 4.02. The Bertz CT molecular complexity index is 992. The summed E-state index contributed by atoms with van der Waals surface area (Å²) in [5, 5.41) is 7.44. The fourth-order valence-corrected chi connectivity index (χ4v) is 3.69. The molecule has 2 aliphatic heterocycles. The zero-order valence-electron chi connectivity index (χ0n) is 16.2. The van der Waals surface area contributed by atoms with Gasteiger partial charge in [-0.3, -0.25) is 19.6 Å². The average molecular weight is 394 g/mol. The third-order valence-electron chi connectivity index (χ3n) is 5.45. The van der Waals surface area contributed by atoms with Gasteiger partial charge in [-0.25, -0.2) is 9.48 Å². The number of amides is 3. The maximum absolute atomic E-state index is 13.2. The molecule has 1 aromatic heterocycles. The second-order valence-electron chi connectivity index (χ2n) is 7.46. The lowest BCUT2D eigenvalue weighted by molar-refractivity contribution is -0.119. The van der Waals surface area contributed by atoms with Crippen molar-refractivity contribution in [1.82, 2.24) is 20.0 Å². The fourth-order valence-electron chi connectivity index (χ4n) is 3.69. The number of methoxy groups -OCH3 is 1. The van der Waals surface area contributed by atoms with E-state index >= 15 is 0 Å². The summed E-state index contributed by atoms with van der Waals surface area (Å²) in [7, 11) is 1.61. The number of aromatic nitrogens is 2. The standard InChI is InChI=1S/C20H22N6O3/c1-29-15-6-4-14(5-7-15)26-19-16(11-23-26)18-21-8-9-24(18)20(28)25(19)12-17(27)22-10-13-2-3-13/h4-7,11,13H,2-3,8-10,12H2,1H3,(H,22,27). The molecule has 1 aromatic carbocycles. The van der Waals surface area contributed by atoms with Crippen molar-refractivity contribution >= 4 is 23.6 Å². The number of carbonyl (C=O) groups is 2. The molecule has 3 aliphatic rings. The lowest BCUT2D eigenvalue weighted by Crippen LogP contribution is -2.53. The van der Waals surface area contributed by atoms with Crippen LogP contribution in [0.5, 0.6) is 5.75 Å². The van der Waals surface area contributed by atoms with E-state index in [2.05, 4.69) is 15.4 Å². The van der Waals surface area contributed by atoms with E-state index in [-0.39, 0.29) is 18.5 Å². The molecule has 0 unspecified atom stereocenters. The van der Waals surface area contributed by atoms with Gasteiger partial charge >= 0.3 is 6.03 Å². The first-order chi connectivity index (χ1) is 14.2. The maximum Gasteiger partial charge on any atom is 0.331 e. The van der Waals surface area contributed by atoms with E-state index in [0.717, 1.165) is 29.8 Å². The summed E-state index contributed by atoms with van der Waals surface area (Å²) in [4.78, 5) is 33.3. The summed E-state index contributed by atoms with van der Waals surface area (Å²) < 4.78 is 6.90. The highest BCUT2D eigenvalue weighted by molar-refractivity contribution is 6.20. The van der Waals surface area contributed by atoms with Crippen molar-refractivity contribution in [3.63, 3.8) is 0 Å². The number of amidine groups is 1. The Morgan fingerprint density at radius 3 is 2.79 bits per heavy atom. The van der Waals surface area contributed by atoms with Crippen LogP contribution in [0.1, 0.15) is 18.4 Å². The van der Waals surface area contributed by atoms with Crippen LogP contribution in [0.2, 0.25) is 0 Å². The fraction of sp³-hybridized carbons (Fsp3) is 0.400. The van der Waals surface area contributed by atoms with Crippen LogP contribution in [-0.4, -0.2) is 65.7 Å². The van der Waals surface area contributed by atoms with E-state index in [9.17, 15) is 9.59 Å². The monoisotopic (exact) mass is 394 g/mol. The first-order valence-electron chi connectivity index (χ1n) is 9.78. The van der Waals surface area contributed by atoms with Crippen LogP contribution in [0.4, 0.5) is 10.6 Å². The van der Waals surface area contributed by atoms with E-state index in [4.69, 9.17) is 4.74 Å². The van der Waals surface area contributed by atoms with E-state index in [0.29, 0.717) is 37.2 Å². The van der Waals surface area contributed by atoms with Crippen LogP contribution in [0.25, 0.3) is 5.69 Å². The van der Waals surface area contributed by atoms with E-state index < -0.39 is 0 Å². The van der Waals surface area contributed by atoms with Crippen molar-refractivity contribution in [3.05, 3.63) is 36.0 Å². The topological polar surface area (TPSA) is 92.1 Å². The Morgan fingerprint density at radius 2 is 2.07 bits per heavy atom. The molecule has 1 N–H and O–H groups in total. The van der Waals surface area contributed by atoms with Gasteiger partial charge in [0, 0.05) is 13.1 Å². The first kappa shape index (κ1) is 17.7. The van der Waals surface area contributed by atoms with Crippen molar-refractivity contribution in [2.75, 3.05) is 38.2 Å². The summed E-state index contributed by atoms with van der Waals surface area (Å²) in [5.41, 5.74) is 1.53. The molecule has 3 heterocycles. The lowest BCUT2D eigenvalue weighted by Gasteiger charge is -2.33. The third kappa shape index (κ3) is 3.12. The van der Waals surface area contributed by atoms with Crippen LogP contribution >= 0.6 is 0 Å². The number of hydrogen-bond donors (Lipinski definition) is 1. The van der Waals surface area contributed by atoms with Gasteiger partial charge in [0.1, 0.15) is 18.1 Å². The van der Waals surface area contributed by atoms with E-state index in [1.54, 1.807) is 22.9 Å². The molecule has 5 rings (SSSR count). The number of nitrogens with zero attached hydrogens (tertiary/aromatic N) is 5. The van der Waals surface area contributed by atoms with E-state index in [1.165, 1.54) is 4.90 Å². The molecular formula is C20H22N6O3. The molecule has 1 aliphatic carbocycles. The number of ether oxygens (including phenoxy) is 1. The molecule has 1 fully saturated rings. The molecule has 3 amide bonds. The van der Waals surface area contributed by atoms with Gasteiger partial charge < -0.3 is 10.1 Å². The highest BCUT2D eigenvalue weighted by Gasteiger charge is 2.41. The Balaban J connectivity index is 1.51. The number of anilines is 1. The quantitative estimate of drug-likeness (QED) is 0.802. The predicted octanol–water partition coefficient (Wildman–Crippen LogP) is 1.41. The highest BCUT2D eigenvalue weighted by atomic mass is 16.5. The van der Waals surface area contributed by atoms with Gasteiger partial charge in [-0.15, -0.1) is 0 Å². The number of aliphatic imine (C=N–C) groups is 1. The van der Waals surface area contributed by atoms with Crippen LogP contribution in [-0.2, 0) is 4.79 Å². The van der Waals surface area contributed by atoms with Crippen LogP contribution in [0.15, 0.2) is 35.5 Å². The molecule has 0 saturated heterocycles. The molecule has 0 radical (unpaired) electrons. The number of fused-ring (bicyclic) bond motifs is 3. The SMILES string of the molecule is COc1ccc(-n2ncc3c2N(CC(=O)NCC2CC2)C(=O)N2CCN=C32)cc1. The Kier molecular flexibility index (Phi) is 4.22. The van der Waals surface area contributed by atoms with Crippen molar-refractivity contribution in [2.45, 2.75) is 12.8 Å². The maximum atomic E-state index is 13.2. The van der Waals surface area contributed by atoms with Crippen LogP contribution < -0.4 is 15.0 Å². The highest BCUT2D eigenvalue weighted by Crippen LogP contribution is 2.33. The number of carbonyl (C=O) groups excluding carboxylic acids is 2. The number of nitrogens with one attached hydrogen (secondary N) is 1. The summed E-state index contributed by atoms with van der Waals surface area (Å²) >= 11 is 0. The first-order valence-corrected chi connectivity index (χ1v) is 9.78. The number of urea groups is 1. The van der Waals surface area contributed by atoms with Crippen LogP contribution in [0.3, 0.4) is 0 Å². The Labute approximate surface area is 167 Å². The van der Waals surface area contributed by atoms with Gasteiger partial charge in [0.2, 0.25) is 5.91 Å². The zero-order chi connectivity index (χ0) is 20.0. The molecule has 0 spiro atoms. The van der Waals surface area contributed by atoms with Crippen molar-refractivity contribution < 1.29 is 14.3 Å². The number of rotatable bonds is 6. The second-order valence-corrected chi connectivity index (χ2v) is 7.46. The molecular weight excluding hydrogens is 372 g/mol. The minimum atomic E-state index is -0.245. The molecule has 9 nitrogen and oxygen atoms in total. The van der Waals surface area contributed by atoms with Gasteiger partial charge in [0.25, 0.3) is 0 Å². The van der Waals surface area contributed by atoms with Crippen LogP contribution in [0, 0.1) is 5.92 Å². The largest absolute Gasteiger partial charge is 0.497 e. The summed E-state index contributed by atoms with van der Waals surface area (Å²) in [6.45, 7) is 1.68. The van der Waals surface area contributed by atoms with Gasteiger partial charge in [0.15, 0.2) is 5.82 Å². The lowest BCUT2D eigenvalue weighted by atomic mass is 10.2. The zero-order valence-corrected chi connectivity index (χ0v) is 16.2.